The standard InChI is InChI=1S/C21H25FN2O3/c1-21(2,3)20(26)23-17-7-5-6-15(14-17)19(25)24(4)12-13-27-18-10-8-16(22)9-11-18/h5-11,14H,12-13H2,1-4H3,(H,23,26). The summed E-state index contributed by atoms with van der Waals surface area (Å²) in [6, 6.07) is 12.6. The van der Waals surface area contributed by atoms with Gasteiger partial charge >= 0.3 is 0 Å². The summed E-state index contributed by atoms with van der Waals surface area (Å²) in [5.74, 6) is -0.0741. The number of carbonyl (C=O) groups excluding carboxylic acids is 2. The monoisotopic (exact) mass is 372 g/mol. The molecule has 0 heterocycles. The van der Waals surface area contributed by atoms with Crippen LogP contribution in [0.15, 0.2) is 48.5 Å². The fraction of sp³-hybridized carbons (Fsp3) is 0.333. The van der Waals surface area contributed by atoms with E-state index in [1.807, 2.05) is 20.8 Å². The molecule has 2 rings (SSSR count). The summed E-state index contributed by atoms with van der Waals surface area (Å²) in [7, 11) is 1.68. The summed E-state index contributed by atoms with van der Waals surface area (Å²) >= 11 is 0. The molecule has 0 bridgehead atoms. The smallest absolute Gasteiger partial charge is 0.253 e. The van der Waals surface area contributed by atoms with Crippen LogP contribution in [-0.4, -0.2) is 36.9 Å². The van der Waals surface area contributed by atoms with E-state index < -0.39 is 5.41 Å². The Morgan fingerprint density at radius 2 is 1.78 bits per heavy atom. The van der Waals surface area contributed by atoms with Crippen molar-refractivity contribution >= 4 is 17.5 Å². The molecule has 0 aliphatic heterocycles. The molecule has 27 heavy (non-hydrogen) atoms. The van der Waals surface area contributed by atoms with E-state index in [0.717, 1.165) is 0 Å². The largest absolute Gasteiger partial charge is 0.492 e. The minimum Gasteiger partial charge on any atom is -0.492 e. The zero-order chi connectivity index (χ0) is 20.0. The van der Waals surface area contributed by atoms with E-state index in [2.05, 4.69) is 5.32 Å². The van der Waals surface area contributed by atoms with Gasteiger partial charge in [0.05, 0.1) is 6.54 Å². The van der Waals surface area contributed by atoms with Gasteiger partial charge in [-0.3, -0.25) is 9.59 Å². The van der Waals surface area contributed by atoms with E-state index in [0.29, 0.717) is 23.5 Å². The van der Waals surface area contributed by atoms with Crippen LogP contribution >= 0.6 is 0 Å². The molecule has 144 valence electrons. The van der Waals surface area contributed by atoms with Gasteiger partial charge in [0.1, 0.15) is 18.2 Å². The average Bonchev–Trinajstić information content (AvgIpc) is 2.62. The number of nitrogens with one attached hydrogen (secondary N) is 1. The van der Waals surface area contributed by atoms with Crippen LogP contribution in [-0.2, 0) is 4.79 Å². The Bertz CT molecular complexity index is 798. The minimum atomic E-state index is -0.519. The Kier molecular flexibility index (Phi) is 6.55. The van der Waals surface area contributed by atoms with E-state index in [4.69, 9.17) is 4.74 Å². The van der Waals surface area contributed by atoms with Crippen LogP contribution in [0, 0.1) is 11.2 Å². The maximum Gasteiger partial charge on any atom is 0.253 e. The Balaban J connectivity index is 1.92. The molecule has 0 aromatic heterocycles. The Hall–Kier alpha value is -2.89. The second-order valence-corrected chi connectivity index (χ2v) is 7.31. The molecule has 0 atom stereocenters. The van der Waals surface area contributed by atoms with E-state index in [1.165, 1.54) is 17.0 Å². The Labute approximate surface area is 159 Å². The molecule has 0 unspecified atom stereocenters. The van der Waals surface area contributed by atoms with Gasteiger partial charge in [-0.25, -0.2) is 4.39 Å². The number of ether oxygens (including phenoxy) is 1. The number of amides is 2. The number of hydrogen-bond donors (Lipinski definition) is 1. The molecular formula is C21H25FN2O3. The highest BCUT2D eigenvalue weighted by molar-refractivity contribution is 5.98. The van der Waals surface area contributed by atoms with Crippen LogP contribution in [0.5, 0.6) is 5.75 Å². The third kappa shape index (κ3) is 6.09. The van der Waals surface area contributed by atoms with Crippen molar-refractivity contribution in [3.63, 3.8) is 0 Å². The molecule has 0 spiro atoms. The lowest BCUT2D eigenvalue weighted by Gasteiger charge is -2.19. The van der Waals surface area contributed by atoms with Gasteiger partial charge in [-0.05, 0) is 42.5 Å². The van der Waals surface area contributed by atoms with Crippen molar-refractivity contribution in [3.8, 4) is 5.75 Å². The number of rotatable bonds is 6. The second kappa shape index (κ2) is 8.66. The molecule has 0 saturated carbocycles. The van der Waals surface area contributed by atoms with Gasteiger partial charge in [0.2, 0.25) is 5.91 Å². The number of anilines is 1. The zero-order valence-electron chi connectivity index (χ0n) is 16.1. The Morgan fingerprint density at radius 1 is 1.11 bits per heavy atom. The molecular weight excluding hydrogens is 347 g/mol. The molecule has 0 saturated heterocycles. The van der Waals surface area contributed by atoms with Crippen molar-refractivity contribution in [2.45, 2.75) is 20.8 Å². The molecule has 2 aromatic carbocycles. The van der Waals surface area contributed by atoms with Gasteiger partial charge in [0.15, 0.2) is 0 Å². The van der Waals surface area contributed by atoms with Crippen molar-refractivity contribution in [2.75, 3.05) is 25.5 Å². The van der Waals surface area contributed by atoms with Crippen LogP contribution in [0.2, 0.25) is 0 Å². The summed E-state index contributed by atoms with van der Waals surface area (Å²) in [6.45, 7) is 6.13. The fourth-order valence-electron chi connectivity index (χ4n) is 2.20. The van der Waals surface area contributed by atoms with Gasteiger partial charge in [0, 0.05) is 23.7 Å². The number of carbonyl (C=O) groups is 2. The quantitative estimate of drug-likeness (QED) is 0.835. The van der Waals surface area contributed by atoms with Crippen LogP contribution in [0.4, 0.5) is 10.1 Å². The molecule has 0 radical (unpaired) electrons. The first-order valence-corrected chi connectivity index (χ1v) is 8.72. The molecule has 6 heteroatoms. The van der Waals surface area contributed by atoms with E-state index in [-0.39, 0.29) is 24.2 Å². The summed E-state index contributed by atoms with van der Waals surface area (Å²) in [6.07, 6.45) is 0. The van der Waals surface area contributed by atoms with Crippen molar-refractivity contribution in [2.24, 2.45) is 5.41 Å². The molecule has 5 nitrogen and oxygen atoms in total. The summed E-state index contributed by atoms with van der Waals surface area (Å²) < 4.78 is 18.4. The maximum absolute atomic E-state index is 12.9. The Morgan fingerprint density at radius 3 is 2.41 bits per heavy atom. The molecule has 2 amide bonds. The van der Waals surface area contributed by atoms with Crippen molar-refractivity contribution in [1.29, 1.82) is 0 Å². The van der Waals surface area contributed by atoms with Gasteiger partial charge in [-0.15, -0.1) is 0 Å². The topological polar surface area (TPSA) is 58.6 Å². The van der Waals surface area contributed by atoms with E-state index in [1.54, 1.807) is 43.4 Å². The molecule has 0 aliphatic carbocycles. The lowest BCUT2D eigenvalue weighted by atomic mass is 9.95. The zero-order valence-corrected chi connectivity index (χ0v) is 16.1. The SMILES string of the molecule is CN(CCOc1ccc(F)cc1)C(=O)c1cccc(NC(=O)C(C)(C)C)c1. The van der Waals surface area contributed by atoms with Crippen LogP contribution in [0.3, 0.4) is 0 Å². The maximum atomic E-state index is 12.9. The fourth-order valence-corrected chi connectivity index (χ4v) is 2.20. The third-order valence-corrected chi connectivity index (χ3v) is 3.90. The van der Waals surface area contributed by atoms with E-state index in [9.17, 15) is 14.0 Å². The highest BCUT2D eigenvalue weighted by atomic mass is 19.1. The predicted octanol–water partition coefficient (Wildman–Crippen LogP) is 3.96. The van der Waals surface area contributed by atoms with Crippen molar-refractivity contribution in [3.05, 3.63) is 59.9 Å². The molecule has 0 fully saturated rings. The normalized spacial score (nSPS) is 11.0. The highest BCUT2D eigenvalue weighted by Crippen LogP contribution is 2.19. The third-order valence-electron chi connectivity index (χ3n) is 3.90. The number of hydrogen-bond acceptors (Lipinski definition) is 3. The minimum absolute atomic E-state index is 0.117. The first-order valence-electron chi connectivity index (χ1n) is 8.72. The summed E-state index contributed by atoms with van der Waals surface area (Å²) in [4.78, 5) is 26.2. The number of nitrogens with zero attached hydrogens (tertiary/aromatic N) is 1. The molecule has 1 N–H and O–H groups in total. The van der Waals surface area contributed by atoms with E-state index >= 15 is 0 Å². The first kappa shape index (κ1) is 20.4. The second-order valence-electron chi connectivity index (χ2n) is 7.31. The highest BCUT2D eigenvalue weighted by Gasteiger charge is 2.21. The number of likely N-dealkylation sites (N-methyl/N-ethyl adjacent to an activating group) is 1. The first-order chi connectivity index (χ1) is 12.7. The molecule has 0 aliphatic rings. The average molecular weight is 372 g/mol. The van der Waals surface area contributed by atoms with Gasteiger partial charge in [0.25, 0.3) is 5.91 Å². The van der Waals surface area contributed by atoms with Gasteiger partial charge in [-0.2, -0.15) is 0 Å². The molecule has 2 aromatic rings. The van der Waals surface area contributed by atoms with Gasteiger partial charge in [-0.1, -0.05) is 26.8 Å². The summed E-state index contributed by atoms with van der Waals surface area (Å²) in [5, 5.41) is 2.82. The lowest BCUT2D eigenvalue weighted by Crippen LogP contribution is -2.31. The lowest BCUT2D eigenvalue weighted by molar-refractivity contribution is -0.123. The number of benzene rings is 2. The van der Waals surface area contributed by atoms with Crippen LogP contribution < -0.4 is 10.1 Å². The van der Waals surface area contributed by atoms with Crippen molar-refractivity contribution in [1.82, 2.24) is 4.90 Å². The van der Waals surface area contributed by atoms with Crippen LogP contribution in [0.25, 0.3) is 0 Å². The van der Waals surface area contributed by atoms with Gasteiger partial charge < -0.3 is 15.0 Å². The predicted molar refractivity (Wildman–Crippen MR) is 103 cm³/mol. The number of halogens is 1. The van der Waals surface area contributed by atoms with Crippen molar-refractivity contribution < 1.29 is 18.7 Å². The summed E-state index contributed by atoms with van der Waals surface area (Å²) in [5.41, 5.74) is 0.539. The van der Waals surface area contributed by atoms with Crippen LogP contribution in [0.1, 0.15) is 31.1 Å².